The lowest BCUT2D eigenvalue weighted by Crippen LogP contribution is -2.32. The van der Waals surface area contributed by atoms with Crippen molar-refractivity contribution in [2.45, 2.75) is 31.7 Å². The van der Waals surface area contributed by atoms with Gasteiger partial charge in [0.05, 0.1) is 0 Å². The molecule has 0 aliphatic carbocycles. The molecule has 0 saturated carbocycles. The van der Waals surface area contributed by atoms with Crippen LogP contribution < -0.4 is 21.7 Å². The number of phenolic OH excluding ortho intramolecular Hbond substituents is 1. The van der Waals surface area contributed by atoms with Gasteiger partial charge in [0, 0.05) is 60.0 Å². The largest absolute Gasteiger partial charge is 0.507 e. The zero-order valence-corrected chi connectivity index (χ0v) is 18.0. The first kappa shape index (κ1) is 20.4. The van der Waals surface area contributed by atoms with Crippen LogP contribution in [0.5, 0.6) is 5.75 Å². The summed E-state index contributed by atoms with van der Waals surface area (Å²) in [6.45, 7) is 3.57. The smallest absolute Gasteiger partial charge is 0.225 e. The zero-order chi connectivity index (χ0) is 22.1. The fourth-order valence-corrected chi connectivity index (χ4v) is 4.69. The molecular formula is C24H29N7O. The highest BCUT2D eigenvalue weighted by Gasteiger charge is 2.25. The lowest BCUT2D eigenvalue weighted by atomic mass is 9.92. The molecule has 32 heavy (non-hydrogen) atoms. The molecule has 0 radical (unpaired) electrons. The van der Waals surface area contributed by atoms with Crippen LogP contribution in [0.1, 0.15) is 46.7 Å². The number of aromatic nitrogens is 3. The Morgan fingerprint density at radius 3 is 2.66 bits per heavy atom. The molecule has 1 saturated heterocycles. The summed E-state index contributed by atoms with van der Waals surface area (Å²) in [6, 6.07) is 7.03. The van der Waals surface area contributed by atoms with Crippen molar-refractivity contribution in [1.82, 2.24) is 20.3 Å². The molecule has 1 fully saturated rings. The number of fused-ring (bicyclic) bond motifs is 1. The minimum Gasteiger partial charge on any atom is -0.507 e. The highest BCUT2D eigenvalue weighted by Crippen LogP contribution is 2.32. The molecule has 7 N–H and O–H groups in total. The molecule has 0 unspecified atom stereocenters. The molecule has 0 bridgehead atoms. The van der Waals surface area contributed by atoms with E-state index in [1.54, 1.807) is 18.2 Å². The van der Waals surface area contributed by atoms with E-state index in [0.29, 0.717) is 29.5 Å². The van der Waals surface area contributed by atoms with Crippen LogP contribution in [0.25, 0.3) is 11.8 Å². The number of nitrogens with one attached hydrogen (secondary N) is 2. The van der Waals surface area contributed by atoms with Gasteiger partial charge in [-0.25, -0.2) is 9.97 Å². The van der Waals surface area contributed by atoms with E-state index in [0.717, 1.165) is 61.7 Å². The van der Waals surface area contributed by atoms with Crippen molar-refractivity contribution in [3.63, 3.8) is 0 Å². The number of anilines is 2. The van der Waals surface area contributed by atoms with Gasteiger partial charge in [-0.05, 0) is 55.6 Å². The van der Waals surface area contributed by atoms with E-state index in [1.165, 1.54) is 5.56 Å². The van der Waals surface area contributed by atoms with Crippen molar-refractivity contribution >= 4 is 23.5 Å². The number of piperidine rings is 1. The summed E-state index contributed by atoms with van der Waals surface area (Å²) in [6.07, 6.45) is 8.89. The summed E-state index contributed by atoms with van der Waals surface area (Å²) in [5.41, 5.74) is 18.0. The fourth-order valence-electron chi connectivity index (χ4n) is 4.69. The first-order chi connectivity index (χ1) is 15.6. The number of nitrogen functional groups attached to an aromatic ring is 1. The van der Waals surface area contributed by atoms with Gasteiger partial charge in [0.1, 0.15) is 11.6 Å². The maximum Gasteiger partial charge on any atom is 0.225 e. The van der Waals surface area contributed by atoms with Crippen LogP contribution in [0.2, 0.25) is 0 Å². The van der Waals surface area contributed by atoms with Crippen molar-refractivity contribution in [2.75, 3.05) is 30.3 Å². The molecule has 4 heterocycles. The Morgan fingerprint density at radius 1 is 1.16 bits per heavy atom. The first-order valence-corrected chi connectivity index (χ1v) is 11.1. The number of aromatic hydroxyl groups is 1. The lowest BCUT2D eigenvalue weighted by Gasteiger charge is -2.28. The second-order valence-electron chi connectivity index (χ2n) is 8.54. The molecular weight excluding hydrogens is 402 g/mol. The van der Waals surface area contributed by atoms with E-state index < -0.39 is 0 Å². The monoisotopic (exact) mass is 431 g/mol. The van der Waals surface area contributed by atoms with Gasteiger partial charge in [0.15, 0.2) is 0 Å². The van der Waals surface area contributed by atoms with Gasteiger partial charge in [0.25, 0.3) is 0 Å². The number of aromatic amines is 1. The van der Waals surface area contributed by atoms with Gasteiger partial charge in [-0.2, -0.15) is 0 Å². The quantitative estimate of drug-likeness (QED) is 0.429. The van der Waals surface area contributed by atoms with E-state index in [1.807, 2.05) is 24.5 Å². The summed E-state index contributed by atoms with van der Waals surface area (Å²) < 4.78 is 0. The molecule has 1 aromatic carbocycles. The SMILES string of the molecule is N/C(=C\c1c(N)[nH]c2c1CN(c1ncc(C3CCNCC3)cn1)CC2)c1ccccc1O. The topological polar surface area (TPSA) is 129 Å². The number of nitrogens with two attached hydrogens (primary N) is 2. The number of hydrogen-bond donors (Lipinski definition) is 5. The number of nitrogens with zero attached hydrogens (tertiary/aromatic N) is 3. The van der Waals surface area contributed by atoms with Crippen LogP contribution in [-0.4, -0.2) is 39.7 Å². The Labute approximate surface area is 187 Å². The molecule has 166 valence electrons. The summed E-state index contributed by atoms with van der Waals surface area (Å²) >= 11 is 0. The van der Waals surface area contributed by atoms with Crippen molar-refractivity contribution < 1.29 is 5.11 Å². The number of hydrogen-bond acceptors (Lipinski definition) is 7. The molecule has 2 aliphatic rings. The van der Waals surface area contributed by atoms with Crippen LogP contribution in [0.4, 0.5) is 11.8 Å². The molecule has 8 heteroatoms. The van der Waals surface area contributed by atoms with Gasteiger partial charge in [0.2, 0.25) is 5.95 Å². The third kappa shape index (κ3) is 3.89. The molecule has 5 rings (SSSR count). The Bertz CT molecular complexity index is 1130. The minimum atomic E-state index is 0.146. The fraction of sp³-hybridized carbons (Fsp3) is 0.333. The predicted molar refractivity (Wildman–Crippen MR) is 127 cm³/mol. The summed E-state index contributed by atoms with van der Waals surface area (Å²) in [5.74, 6) is 2.00. The van der Waals surface area contributed by atoms with Crippen molar-refractivity contribution in [2.24, 2.45) is 5.73 Å². The Morgan fingerprint density at radius 2 is 1.91 bits per heavy atom. The summed E-state index contributed by atoms with van der Waals surface area (Å²) in [4.78, 5) is 14.9. The number of rotatable bonds is 4. The molecule has 0 spiro atoms. The Balaban J connectivity index is 1.39. The van der Waals surface area contributed by atoms with Crippen molar-refractivity contribution in [3.05, 3.63) is 64.6 Å². The standard InChI is InChI=1S/C24H29N7O/c25-20(17-3-1-2-4-22(17)32)11-18-19-14-31(10-7-21(19)30-23(18)26)24-28-12-16(13-29-24)15-5-8-27-9-6-15/h1-4,11-13,15,27,30,32H,5-10,14,25-26H2/b20-11-. The minimum absolute atomic E-state index is 0.146. The maximum absolute atomic E-state index is 10.1. The van der Waals surface area contributed by atoms with Crippen LogP contribution in [0.3, 0.4) is 0 Å². The van der Waals surface area contributed by atoms with Gasteiger partial charge < -0.3 is 31.8 Å². The zero-order valence-electron chi connectivity index (χ0n) is 18.0. The number of H-pyrrole nitrogens is 1. The second-order valence-corrected chi connectivity index (χ2v) is 8.54. The predicted octanol–water partition coefficient (Wildman–Crippen LogP) is 2.58. The van der Waals surface area contributed by atoms with E-state index in [2.05, 4.69) is 25.2 Å². The molecule has 2 aliphatic heterocycles. The van der Waals surface area contributed by atoms with Crippen molar-refractivity contribution in [1.29, 1.82) is 0 Å². The third-order valence-electron chi connectivity index (χ3n) is 6.51. The third-order valence-corrected chi connectivity index (χ3v) is 6.51. The van der Waals surface area contributed by atoms with Crippen LogP contribution in [0.15, 0.2) is 36.7 Å². The van der Waals surface area contributed by atoms with E-state index in [9.17, 15) is 5.11 Å². The molecule has 3 aromatic rings. The Kier molecular flexibility index (Phi) is 5.45. The van der Waals surface area contributed by atoms with E-state index in [4.69, 9.17) is 11.5 Å². The average molecular weight is 432 g/mol. The van der Waals surface area contributed by atoms with Gasteiger partial charge in [-0.3, -0.25) is 0 Å². The summed E-state index contributed by atoms with van der Waals surface area (Å²) in [7, 11) is 0. The van der Waals surface area contributed by atoms with Gasteiger partial charge in [-0.1, -0.05) is 12.1 Å². The number of benzene rings is 1. The van der Waals surface area contributed by atoms with Crippen LogP contribution in [0, 0.1) is 0 Å². The van der Waals surface area contributed by atoms with Gasteiger partial charge in [-0.15, -0.1) is 0 Å². The lowest BCUT2D eigenvalue weighted by molar-refractivity contribution is 0.458. The van der Waals surface area contributed by atoms with Crippen LogP contribution >= 0.6 is 0 Å². The van der Waals surface area contributed by atoms with Crippen molar-refractivity contribution in [3.8, 4) is 5.75 Å². The first-order valence-electron chi connectivity index (χ1n) is 11.1. The second kappa shape index (κ2) is 8.55. The normalized spacial score (nSPS) is 17.4. The molecule has 0 atom stereocenters. The van der Waals surface area contributed by atoms with E-state index in [-0.39, 0.29) is 5.75 Å². The number of phenols is 1. The average Bonchev–Trinajstić information content (AvgIpc) is 3.14. The summed E-state index contributed by atoms with van der Waals surface area (Å²) in [5, 5.41) is 13.5. The molecule has 8 nitrogen and oxygen atoms in total. The van der Waals surface area contributed by atoms with Gasteiger partial charge >= 0.3 is 0 Å². The van der Waals surface area contributed by atoms with Crippen LogP contribution in [-0.2, 0) is 13.0 Å². The van der Waals surface area contributed by atoms with E-state index >= 15 is 0 Å². The highest BCUT2D eigenvalue weighted by molar-refractivity contribution is 5.86. The highest BCUT2D eigenvalue weighted by atomic mass is 16.3. The molecule has 2 aromatic heterocycles. The molecule has 0 amide bonds. The Hall–Kier alpha value is -3.52. The maximum atomic E-state index is 10.1. The number of para-hydroxylation sites is 1.